The van der Waals surface area contributed by atoms with Crippen LogP contribution in [0.15, 0.2) is 24.3 Å². The highest BCUT2D eigenvalue weighted by molar-refractivity contribution is 6.01. The number of carbonyl (C=O) groups excluding carboxylic acids is 2. The van der Waals surface area contributed by atoms with Crippen LogP contribution in [0.1, 0.15) is 53.7 Å². The third-order valence-corrected chi connectivity index (χ3v) is 5.04. The van der Waals surface area contributed by atoms with Gasteiger partial charge in [0.2, 0.25) is 0 Å². The summed E-state index contributed by atoms with van der Waals surface area (Å²) in [6.45, 7) is 3.83. The summed E-state index contributed by atoms with van der Waals surface area (Å²) in [5.41, 5.74) is 2.22. The fraction of sp³-hybridized carbons (Fsp3) is 0.450. The van der Waals surface area contributed by atoms with Crippen LogP contribution >= 0.6 is 0 Å². The average molecular weight is 340 g/mol. The average Bonchev–Trinajstić information content (AvgIpc) is 2.61. The molecule has 25 heavy (non-hydrogen) atoms. The first-order chi connectivity index (χ1) is 11.9. The molecule has 0 spiro atoms. The summed E-state index contributed by atoms with van der Waals surface area (Å²) >= 11 is 0. The minimum Gasteiger partial charge on any atom is -0.467 e. The second kappa shape index (κ2) is 6.82. The van der Waals surface area contributed by atoms with Crippen molar-refractivity contribution in [3.63, 3.8) is 0 Å². The Morgan fingerprint density at radius 1 is 1.12 bits per heavy atom. The van der Waals surface area contributed by atoms with Crippen molar-refractivity contribution >= 4 is 22.8 Å². The van der Waals surface area contributed by atoms with Crippen LogP contribution in [0.25, 0.3) is 10.9 Å². The molecule has 0 unspecified atom stereocenters. The van der Waals surface area contributed by atoms with E-state index < -0.39 is 5.54 Å². The molecule has 1 amide bonds. The third kappa shape index (κ3) is 3.36. The Hall–Kier alpha value is -2.43. The number of nitrogens with one attached hydrogen (secondary N) is 1. The van der Waals surface area contributed by atoms with Crippen molar-refractivity contribution in [1.82, 2.24) is 10.3 Å². The number of amides is 1. The highest BCUT2D eigenvalue weighted by atomic mass is 16.5. The molecule has 1 heterocycles. The maximum Gasteiger partial charge on any atom is 0.331 e. The van der Waals surface area contributed by atoms with E-state index in [-0.39, 0.29) is 11.9 Å². The van der Waals surface area contributed by atoms with Gasteiger partial charge in [0.15, 0.2) is 0 Å². The number of methoxy groups -OCH3 is 1. The van der Waals surface area contributed by atoms with Gasteiger partial charge in [-0.15, -0.1) is 0 Å². The lowest BCUT2D eigenvalue weighted by molar-refractivity contribution is -0.149. The molecule has 1 aliphatic carbocycles. The van der Waals surface area contributed by atoms with Crippen molar-refractivity contribution < 1.29 is 14.3 Å². The number of hydrogen-bond acceptors (Lipinski definition) is 4. The Balaban J connectivity index is 1.95. The maximum absolute atomic E-state index is 12.9. The van der Waals surface area contributed by atoms with Gasteiger partial charge in [0, 0.05) is 5.39 Å². The molecule has 2 aromatic rings. The zero-order valence-electron chi connectivity index (χ0n) is 15.0. The van der Waals surface area contributed by atoms with Gasteiger partial charge in [-0.1, -0.05) is 30.9 Å². The quantitative estimate of drug-likeness (QED) is 0.869. The lowest BCUT2D eigenvalue weighted by atomic mass is 9.81. The van der Waals surface area contributed by atoms with Gasteiger partial charge in [-0.3, -0.25) is 9.78 Å². The Bertz CT molecular complexity index is 823. The van der Waals surface area contributed by atoms with Crippen molar-refractivity contribution in [1.29, 1.82) is 0 Å². The molecule has 5 heteroatoms. The van der Waals surface area contributed by atoms with E-state index in [1.807, 2.05) is 38.1 Å². The molecule has 1 N–H and O–H groups in total. The minimum absolute atomic E-state index is 0.263. The van der Waals surface area contributed by atoms with Crippen LogP contribution in [0.4, 0.5) is 0 Å². The molecule has 1 saturated carbocycles. The van der Waals surface area contributed by atoms with Crippen molar-refractivity contribution in [3.8, 4) is 0 Å². The summed E-state index contributed by atoms with van der Waals surface area (Å²) in [6.07, 6.45) is 4.12. The Kier molecular flexibility index (Phi) is 4.75. The Labute approximate surface area is 147 Å². The highest BCUT2D eigenvalue weighted by Crippen LogP contribution is 2.30. The van der Waals surface area contributed by atoms with E-state index in [9.17, 15) is 9.59 Å². The van der Waals surface area contributed by atoms with Gasteiger partial charge in [-0.2, -0.15) is 0 Å². The predicted molar refractivity (Wildman–Crippen MR) is 96.5 cm³/mol. The smallest absolute Gasteiger partial charge is 0.331 e. The number of rotatable bonds is 3. The van der Waals surface area contributed by atoms with Crippen molar-refractivity contribution in [2.75, 3.05) is 7.11 Å². The predicted octanol–water partition coefficient (Wildman–Crippen LogP) is 3.46. The first-order valence-electron chi connectivity index (χ1n) is 8.74. The summed E-state index contributed by atoms with van der Waals surface area (Å²) in [4.78, 5) is 29.8. The molecule has 132 valence electrons. The first-order valence-corrected chi connectivity index (χ1v) is 8.74. The standard InChI is InChI=1S/C20H24N2O3/c1-13-7-8-17-15(11-13)12-16(14(2)21-17)18(23)22-20(19(24)25-3)9-5-4-6-10-20/h7-8,11-12H,4-6,9-10H2,1-3H3,(H,22,23). The molecule has 0 saturated heterocycles. The van der Waals surface area contributed by atoms with Crippen LogP contribution in [0.2, 0.25) is 0 Å². The summed E-state index contributed by atoms with van der Waals surface area (Å²) < 4.78 is 4.98. The molecule has 1 aromatic carbocycles. The molecule has 0 aliphatic heterocycles. The summed E-state index contributed by atoms with van der Waals surface area (Å²) in [6, 6.07) is 7.82. The van der Waals surface area contributed by atoms with E-state index >= 15 is 0 Å². The van der Waals surface area contributed by atoms with Crippen molar-refractivity contribution in [2.45, 2.75) is 51.5 Å². The van der Waals surface area contributed by atoms with Crippen molar-refractivity contribution in [2.24, 2.45) is 0 Å². The van der Waals surface area contributed by atoms with Crippen LogP contribution in [0.5, 0.6) is 0 Å². The van der Waals surface area contributed by atoms with Crippen LogP contribution < -0.4 is 5.32 Å². The molecule has 5 nitrogen and oxygen atoms in total. The molecule has 0 bridgehead atoms. The molecule has 1 fully saturated rings. The van der Waals surface area contributed by atoms with Crippen molar-refractivity contribution in [3.05, 3.63) is 41.1 Å². The van der Waals surface area contributed by atoms with E-state index in [1.54, 1.807) is 0 Å². The number of aromatic nitrogens is 1. The molecule has 3 rings (SSSR count). The molecule has 0 radical (unpaired) electrons. The summed E-state index contributed by atoms with van der Waals surface area (Å²) in [5.74, 6) is -0.622. The largest absolute Gasteiger partial charge is 0.467 e. The van der Waals surface area contributed by atoms with E-state index in [0.717, 1.165) is 35.7 Å². The normalized spacial score (nSPS) is 16.4. The van der Waals surface area contributed by atoms with Gasteiger partial charge in [0.1, 0.15) is 5.54 Å². The van der Waals surface area contributed by atoms with Gasteiger partial charge in [-0.25, -0.2) is 4.79 Å². The van der Waals surface area contributed by atoms with Crippen LogP contribution in [-0.2, 0) is 9.53 Å². The fourth-order valence-electron chi connectivity index (χ4n) is 3.64. The zero-order valence-corrected chi connectivity index (χ0v) is 15.0. The first kappa shape index (κ1) is 17.4. The van der Waals surface area contributed by atoms with E-state index in [1.165, 1.54) is 7.11 Å². The minimum atomic E-state index is -0.919. The fourth-order valence-corrected chi connectivity index (χ4v) is 3.64. The van der Waals surface area contributed by atoms with Crippen LogP contribution in [-0.4, -0.2) is 29.5 Å². The molecular formula is C20H24N2O3. The van der Waals surface area contributed by atoms with Crippen LogP contribution in [0.3, 0.4) is 0 Å². The maximum atomic E-state index is 12.9. The summed E-state index contributed by atoms with van der Waals surface area (Å²) in [7, 11) is 1.37. The van der Waals surface area contributed by atoms with Gasteiger partial charge in [0.05, 0.1) is 23.9 Å². The molecule has 0 atom stereocenters. The number of esters is 1. The van der Waals surface area contributed by atoms with Gasteiger partial charge < -0.3 is 10.1 Å². The number of benzene rings is 1. The second-order valence-electron chi connectivity index (χ2n) is 6.91. The lowest BCUT2D eigenvalue weighted by Crippen LogP contribution is -2.56. The SMILES string of the molecule is COC(=O)C1(NC(=O)c2cc3cc(C)ccc3nc2C)CCCCC1. The zero-order chi connectivity index (χ0) is 18.0. The highest BCUT2D eigenvalue weighted by Gasteiger charge is 2.42. The lowest BCUT2D eigenvalue weighted by Gasteiger charge is -2.35. The number of nitrogens with zero attached hydrogens (tertiary/aromatic N) is 1. The van der Waals surface area contributed by atoms with Crippen LogP contribution in [0, 0.1) is 13.8 Å². The molecular weight excluding hydrogens is 316 g/mol. The topological polar surface area (TPSA) is 68.3 Å². The van der Waals surface area contributed by atoms with E-state index in [2.05, 4.69) is 10.3 Å². The molecule has 1 aliphatic rings. The van der Waals surface area contributed by atoms with E-state index in [0.29, 0.717) is 24.1 Å². The number of aryl methyl sites for hydroxylation is 2. The number of fused-ring (bicyclic) bond motifs is 1. The molecule has 1 aromatic heterocycles. The van der Waals surface area contributed by atoms with E-state index in [4.69, 9.17) is 4.74 Å². The third-order valence-electron chi connectivity index (χ3n) is 5.04. The number of hydrogen-bond donors (Lipinski definition) is 1. The monoisotopic (exact) mass is 340 g/mol. The number of pyridine rings is 1. The van der Waals surface area contributed by atoms with Gasteiger partial charge in [-0.05, 0) is 44.9 Å². The Morgan fingerprint density at radius 2 is 1.84 bits per heavy atom. The summed E-state index contributed by atoms with van der Waals surface area (Å²) in [5, 5.41) is 3.89. The van der Waals surface area contributed by atoms with Gasteiger partial charge in [0.25, 0.3) is 5.91 Å². The number of carbonyl (C=O) groups is 2. The second-order valence-corrected chi connectivity index (χ2v) is 6.91. The number of ether oxygens (including phenoxy) is 1. The van der Waals surface area contributed by atoms with Gasteiger partial charge >= 0.3 is 5.97 Å². The Morgan fingerprint density at radius 3 is 2.52 bits per heavy atom.